The number of benzene rings is 2. The maximum absolute atomic E-state index is 11.8. The molecular formula is C21H21Cl2N5O2S. The maximum Gasteiger partial charge on any atom is 0.252 e. The molecule has 2 aromatic carbocycles. The molecule has 4 rings (SSSR count). The molecule has 0 spiro atoms. The van der Waals surface area contributed by atoms with Crippen LogP contribution in [0.4, 0.5) is 11.5 Å². The summed E-state index contributed by atoms with van der Waals surface area (Å²) >= 11 is 6.23. The SMILES string of the molecule is COc1ccc(C[NH2+]c2nncc3c(N4CCS(=O)CC4)cc(C#N)cc23)cc1Cl.[Cl-]. The summed E-state index contributed by atoms with van der Waals surface area (Å²) in [5.41, 5.74) is 2.53. The van der Waals surface area contributed by atoms with E-state index < -0.39 is 10.8 Å². The number of hydrogen-bond donors (Lipinski definition) is 1. The van der Waals surface area contributed by atoms with Gasteiger partial charge in [-0.2, -0.15) is 10.4 Å². The predicted octanol–water partition coefficient (Wildman–Crippen LogP) is -0.869. The molecule has 0 radical (unpaired) electrons. The van der Waals surface area contributed by atoms with Gasteiger partial charge in [-0.25, -0.2) is 0 Å². The molecule has 1 aromatic heterocycles. The number of halogens is 2. The van der Waals surface area contributed by atoms with Crippen LogP contribution in [0.25, 0.3) is 10.8 Å². The third-order valence-electron chi connectivity index (χ3n) is 5.18. The number of quaternary nitrogens is 1. The van der Waals surface area contributed by atoms with Gasteiger partial charge in [0.05, 0.1) is 35.3 Å². The number of ether oxygens (including phenoxy) is 1. The zero-order valence-corrected chi connectivity index (χ0v) is 19.2. The fraction of sp³-hybridized carbons (Fsp3) is 0.286. The summed E-state index contributed by atoms with van der Waals surface area (Å²) in [6.45, 7) is 2.01. The Labute approximate surface area is 194 Å². The van der Waals surface area contributed by atoms with Crippen LogP contribution in [-0.4, -0.2) is 46.1 Å². The molecular weight excluding hydrogens is 457 g/mol. The number of rotatable bonds is 5. The highest BCUT2D eigenvalue weighted by molar-refractivity contribution is 7.85. The number of fused-ring (bicyclic) bond motifs is 1. The summed E-state index contributed by atoms with van der Waals surface area (Å²) in [6.07, 6.45) is 1.74. The second-order valence-corrected chi connectivity index (χ2v) is 9.11. The first-order chi connectivity index (χ1) is 14.6. The first kappa shape index (κ1) is 23.2. The Bertz CT molecular complexity index is 1160. The van der Waals surface area contributed by atoms with E-state index in [0.29, 0.717) is 47.5 Å². The fourth-order valence-corrected chi connectivity index (χ4v) is 4.93. The highest BCUT2D eigenvalue weighted by atomic mass is 35.5. The minimum Gasteiger partial charge on any atom is -1.00 e. The van der Waals surface area contributed by atoms with Gasteiger partial charge in [-0.1, -0.05) is 16.7 Å². The van der Waals surface area contributed by atoms with Crippen molar-refractivity contribution in [3.8, 4) is 11.8 Å². The molecule has 2 heterocycles. The van der Waals surface area contributed by atoms with Crippen LogP contribution >= 0.6 is 11.6 Å². The van der Waals surface area contributed by atoms with Gasteiger partial charge in [0.1, 0.15) is 12.3 Å². The average molecular weight is 478 g/mol. The number of anilines is 1. The lowest BCUT2D eigenvalue weighted by Gasteiger charge is -2.29. The first-order valence-corrected chi connectivity index (χ1v) is 11.4. The largest absolute Gasteiger partial charge is 1.00 e. The third kappa shape index (κ3) is 5.08. The van der Waals surface area contributed by atoms with Crippen molar-refractivity contribution in [1.29, 1.82) is 5.26 Å². The molecule has 0 saturated carbocycles. The molecule has 10 heteroatoms. The van der Waals surface area contributed by atoms with Crippen LogP contribution < -0.4 is 27.4 Å². The van der Waals surface area contributed by atoms with Gasteiger partial charge >= 0.3 is 0 Å². The maximum atomic E-state index is 11.8. The lowest BCUT2D eigenvalue weighted by molar-refractivity contribution is -0.591. The molecule has 7 nitrogen and oxygen atoms in total. The van der Waals surface area contributed by atoms with Gasteiger partial charge in [-0.05, 0) is 30.3 Å². The van der Waals surface area contributed by atoms with E-state index in [4.69, 9.17) is 16.3 Å². The standard InChI is InChI=1S/C21H20ClN5O2S.ClH/c1-29-20-3-2-14(9-18(20)22)12-24-21-16-8-15(11-23)10-19(17(16)13-25-26-21)27-4-6-30(28)7-5-27;/h2-3,8-10,13H,4-7,12H2,1H3,(H,24,26);1H. The van der Waals surface area contributed by atoms with Crippen LogP contribution in [-0.2, 0) is 17.3 Å². The van der Waals surface area contributed by atoms with Crippen LogP contribution in [0.2, 0.25) is 5.02 Å². The molecule has 31 heavy (non-hydrogen) atoms. The molecule has 162 valence electrons. The summed E-state index contributed by atoms with van der Waals surface area (Å²) in [6, 6.07) is 11.6. The number of hydrogen-bond acceptors (Lipinski definition) is 6. The van der Waals surface area contributed by atoms with Gasteiger partial charge in [0, 0.05) is 52.0 Å². The van der Waals surface area contributed by atoms with Crippen LogP contribution in [0, 0.1) is 11.3 Å². The minimum absolute atomic E-state index is 0. The van der Waals surface area contributed by atoms with Crippen molar-refractivity contribution in [1.82, 2.24) is 10.2 Å². The van der Waals surface area contributed by atoms with E-state index in [1.54, 1.807) is 13.3 Å². The number of methoxy groups -OCH3 is 1. The van der Waals surface area contributed by atoms with E-state index in [0.717, 1.165) is 27.8 Å². The molecule has 1 aliphatic rings. The highest BCUT2D eigenvalue weighted by Gasteiger charge is 2.20. The Balaban J connectivity index is 0.00000272. The van der Waals surface area contributed by atoms with Crippen LogP contribution in [0.15, 0.2) is 36.5 Å². The van der Waals surface area contributed by atoms with Crippen molar-refractivity contribution in [3.05, 3.63) is 52.7 Å². The van der Waals surface area contributed by atoms with Gasteiger partial charge < -0.3 is 22.0 Å². The number of aromatic nitrogens is 2. The lowest BCUT2D eigenvalue weighted by atomic mass is 10.1. The smallest absolute Gasteiger partial charge is 0.252 e. The van der Waals surface area contributed by atoms with Crippen molar-refractivity contribution in [2.75, 3.05) is 36.6 Å². The molecule has 0 atom stereocenters. The van der Waals surface area contributed by atoms with E-state index >= 15 is 0 Å². The zero-order chi connectivity index (χ0) is 21.1. The van der Waals surface area contributed by atoms with Crippen molar-refractivity contribution >= 4 is 44.7 Å². The van der Waals surface area contributed by atoms with Gasteiger partial charge in [0.25, 0.3) is 5.82 Å². The van der Waals surface area contributed by atoms with Crippen molar-refractivity contribution in [2.24, 2.45) is 0 Å². The van der Waals surface area contributed by atoms with Gasteiger partial charge in [-0.3, -0.25) is 9.53 Å². The molecule has 0 aliphatic carbocycles. The molecule has 0 amide bonds. The van der Waals surface area contributed by atoms with Crippen LogP contribution in [0.1, 0.15) is 11.1 Å². The fourth-order valence-electron chi connectivity index (χ4n) is 3.60. The Kier molecular flexibility index (Phi) is 7.68. The Morgan fingerprint density at radius 3 is 2.71 bits per heavy atom. The quantitative estimate of drug-likeness (QED) is 0.513. The van der Waals surface area contributed by atoms with Crippen LogP contribution in [0.5, 0.6) is 5.75 Å². The van der Waals surface area contributed by atoms with Crippen molar-refractivity contribution < 1.29 is 26.7 Å². The molecule has 1 saturated heterocycles. The van der Waals surface area contributed by atoms with E-state index in [2.05, 4.69) is 21.2 Å². The van der Waals surface area contributed by atoms with Crippen molar-refractivity contribution in [2.45, 2.75) is 6.54 Å². The lowest BCUT2D eigenvalue weighted by Crippen LogP contribution is -3.00. The molecule has 1 aliphatic heterocycles. The Morgan fingerprint density at radius 2 is 2.03 bits per heavy atom. The van der Waals surface area contributed by atoms with Crippen molar-refractivity contribution in [3.63, 3.8) is 0 Å². The van der Waals surface area contributed by atoms with Gasteiger partial charge in [-0.15, -0.1) is 0 Å². The predicted molar refractivity (Wildman–Crippen MR) is 118 cm³/mol. The molecule has 0 unspecified atom stereocenters. The summed E-state index contributed by atoms with van der Waals surface area (Å²) < 4.78 is 17.0. The number of nitrogens with zero attached hydrogens (tertiary/aromatic N) is 4. The molecule has 2 N–H and O–H groups in total. The second kappa shape index (κ2) is 10.2. The third-order valence-corrected chi connectivity index (χ3v) is 6.75. The Morgan fingerprint density at radius 1 is 1.26 bits per heavy atom. The first-order valence-electron chi connectivity index (χ1n) is 9.54. The van der Waals surface area contributed by atoms with E-state index in [1.807, 2.05) is 35.6 Å². The minimum atomic E-state index is -0.769. The average Bonchev–Trinajstić information content (AvgIpc) is 2.77. The van der Waals surface area contributed by atoms with E-state index in [9.17, 15) is 9.47 Å². The van der Waals surface area contributed by atoms with E-state index in [-0.39, 0.29) is 12.4 Å². The molecule has 1 fully saturated rings. The normalized spacial score (nSPS) is 14.2. The molecule has 3 aromatic rings. The van der Waals surface area contributed by atoms with Gasteiger partial charge in [0.2, 0.25) is 0 Å². The summed E-state index contributed by atoms with van der Waals surface area (Å²) in [5, 5.41) is 22.4. The van der Waals surface area contributed by atoms with E-state index in [1.165, 1.54) is 0 Å². The Hall–Kier alpha value is -2.44. The zero-order valence-electron chi connectivity index (χ0n) is 16.8. The monoisotopic (exact) mass is 477 g/mol. The summed E-state index contributed by atoms with van der Waals surface area (Å²) in [5.74, 6) is 2.62. The topological polar surface area (TPSA) is 95.7 Å². The number of nitriles is 1. The summed E-state index contributed by atoms with van der Waals surface area (Å²) in [4.78, 5) is 2.18. The number of nitrogens with two attached hydrogens (primary N) is 1. The van der Waals surface area contributed by atoms with Crippen LogP contribution in [0.3, 0.4) is 0 Å². The highest BCUT2D eigenvalue weighted by Crippen LogP contribution is 2.31. The van der Waals surface area contributed by atoms with Gasteiger partial charge in [0.15, 0.2) is 0 Å². The molecule has 0 bridgehead atoms. The summed E-state index contributed by atoms with van der Waals surface area (Å²) in [7, 11) is 0.817. The second-order valence-electron chi connectivity index (χ2n) is 7.01.